The Bertz CT molecular complexity index is 628. The van der Waals surface area contributed by atoms with Gasteiger partial charge < -0.3 is 14.9 Å². The van der Waals surface area contributed by atoms with Gasteiger partial charge in [0.05, 0.1) is 0 Å². The summed E-state index contributed by atoms with van der Waals surface area (Å²) in [6, 6.07) is 6.70. The molecule has 3 fully saturated rings. The number of carbonyl (C=O) groups is 1. The molecule has 0 aromatic heterocycles. The third-order valence-corrected chi connectivity index (χ3v) is 6.22. The topological polar surface area (TPSA) is 47.0 Å². The zero-order chi connectivity index (χ0) is 17.4. The molecule has 3 aliphatic heterocycles. The van der Waals surface area contributed by atoms with Crippen molar-refractivity contribution in [2.24, 2.45) is 11.8 Å². The van der Waals surface area contributed by atoms with Crippen LogP contribution in [0.1, 0.15) is 30.4 Å². The highest BCUT2D eigenvalue weighted by molar-refractivity contribution is 5.65. The van der Waals surface area contributed by atoms with Gasteiger partial charge in [-0.15, -0.1) is 0 Å². The number of anilines is 1. The molecule has 1 aromatic carbocycles. The second-order valence-corrected chi connectivity index (χ2v) is 8.03. The van der Waals surface area contributed by atoms with E-state index in [1.54, 1.807) is 4.90 Å². The number of piperidine rings is 1. The zero-order valence-electron chi connectivity index (χ0n) is 15.2. The van der Waals surface area contributed by atoms with Crippen LogP contribution in [0.4, 0.5) is 10.5 Å². The SMILES string of the molecule is Cc1cccc(CN2CC3CN(C(=O)O)CC3C2)c1N1CCCCC1. The number of benzene rings is 1. The fraction of sp³-hybridized carbons (Fsp3) is 0.650. The molecule has 136 valence electrons. The quantitative estimate of drug-likeness (QED) is 0.916. The molecule has 3 heterocycles. The first-order valence-corrected chi connectivity index (χ1v) is 9.65. The summed E-state index contributed by atoms with van der Waals surface area (Å²) in [6.45, 7) is 9.06. The molecular formula is C20H29N3O2. The number of amides is 1. The lowest BCUT2D eigenvalue weighted by molar-refractivity contribution is 0.148. The first-order valence-electron chi connectivity index (χ1n) is 9.65. The van der Waals surface area contributed by atoms with Crippen molar-refractivity contribution >= 4 is 11.8 Å². The van der Waals surface area contributed by atoms with Crippen LogP contribution in [0.2, 0.25) is 0 Å². The van der Waals surface area contributed by atoms with Crippen molar-refractivity contribution in [1.82, 2.24) is 9.80 Å². The molecule has 0 spiro atoms. The van der Waals surface area contributed by atoms with Crippen molar-refractivity contribution < 1.29 is 9.90 Å². The van der Waals surface area contributed by atoms with Crippen molar-refractivity contribution in [3.05, 3.63) is 29.3 Å². The van der Waals surface area contributed by atoms with E-state index >= 15 is 0 Å². The van der Waals surface area contributed by atoms with E-state index in [0.717, 1.165) is 19.6 Å². The van der Waals surface area contributed by atoms with Crippen LogP contribution in [0.3, 0.4) is 0 Å². The van der Waals surface area contributed by atoms with Crippen LogP contribution in [-0.4, -0.2) is 60.3 Å². The van der Waals surface area contributed by atoms with Gasteiger partial charge in [-0.1, -0.05) is 18.2 Å². The predicted molar refractivity (Wildman–Crippen MR) is 99.1 cm³/mol. The van der Waals surface area contributed by atoms with Crippen molar-refractivity contribution in [2.45, 2.75) is 32.7 Å². The first-order chi connectivity index (χ1) is 12.1. The molecule has 1 N–H and O–H groups in total. The molecule has 0 saturated carbocycles. The summed E-state index contributed by atoms with van der Waals surface area (Å²) in [6.07, 6.45) is 3.19. The van der Waals surface area contributed by atoms with Gasteiger partial charge in [0.1, 0.15) is 0 Å². The molecule has 25 heavy (non-hydrogen) atoms. The number of hydrogen-bond acceptors (Lipinski definition) is 3. The van der Waals surface area contributed by atoms with Gasteiger partial charge in [0.25, 0.3) is 0 Å². The van der Waals surface area contributed by atoms with Gasteiger partial charge in [0.15, 0.2) is 0 Å². The van der Waals surface area contributed by atoms with Crippen LogP contribution >= 0.6 is 0 Å². The van der Waals surface area contributed by atoms with E-state index in [9.17, 15) is 9.90 Å². The van der Waals surface area contributed by atoms with Crippen LogP contribution < -0.4 is 4.90 Å². The normalized spacial score (nSPS) is 26.9. The van der Waals surface area contributed by atoms with Gasteiger partial charge in [0, 0.05) is 51.5 Å². The third-order valence-electron chi connectivity index (χ3n) is 6.22. The number of carboxylic acid groups (broad SMARTS) is 1. The molecule has 4 rings (SSSR count). The van der Waals surface area contributed by atoms with E-state index in [0.29, 0.717) is 24.9 Å². The van der Waals surface area contributed by atoms with E-state index in [1.165, 1.54) is 49.2 Å². The maximum Gasteiger partial charge on any atom is 0.407 e. The van der Waals surface area contributed by atoms with Gasteiger partial charge in [-0.3, -0.25) is 4.90 Å². The summed E-state index contributed by atoms with van der Waals surface area (Å²) < 4.78 is 0. The highest BCUT2D eigenvalue weighted by atomic mass is 16.4. The summed E-state index contributed by atoms with van der Waals surface area (Å²) in [4.78, 5) is 17.9. The Morgan fingerprint density at radius 2 is 1.76 bits per heavy atom. The molecule has 2 atom stereocenters. The summed E-state index contributed by atoms with van der Waals surface area (Å²) in [7, 11) is 0. The largest absolute Gasteiger partial charge is 0.465 e. The van der Waals surface area contributed by atoms with Crippen molar-refractivity contribution in [1.29, 1.82) is 0 Å². The van der Waals surface area contributed by atoms with Gasteiger partial charge in [-0.25, -0.2) is 4.79 Å². The van der Waals surface area contributed by atoms with Gasteiger partial charge in [-0.05, 0) is 49.1 Å². The molecule has 1 aromatic rings. The van der Waals surface area contributed by atoms with Crippen LogP contribution in [0, 0.1) is 18.8 Å². The number of aryl methyl sites for hydroxylation is 1. The maximum atomic E-state index is 11.2. The number of para-hydroxylation sites is 1. The van der Waals surface area contributed by atoms with Crippen molar-refractivity contribution in [2.75, 3.05) is 44.2 Å². The second kappa shape index (κ2) is 6.87. The molecule has 5 heteroatoms. The van der Waals surface area contributed by atoms with Crippen LogP contribution in [-0.2, 0) is 6.54 Å². The Hall–Kier alpha value is -1.75. The minimum absolute atomic E-state index is 0.513. The van der Waals surface area contributed by atoms with E-state index in [-0.39, 0.29) is 0 Å². The maximum absolute atomic E-state index is 11.2. The first kappa shape index (κ1) is 16.7. The van der Waals surface area contributed by atoms with Gasteiger partial charge >= 0.3 is 6.09 Å². The lowest BCUT2D eigenvalue weighted by Crippen LogP contribution is -2.33. The standard InChI is InChI=1S/C20H29N3O2/c1-15-6-5-7-16(19(15)22-8-3-2-4-9-22)10-21-11-17-13-23(20(24)25)14-18(17)12-21/h5-7,17-18H,2-4,8-14H2,1H3,(H,24,25). The Kier molecular flexibility index (Phi) is 4.59. The molecule has 3 aliphatic rings. The van der Waals surface area contributed by atoms with Crippen molar-refractivity contribution in [3.63, 3.8) is 0 Å². The molecule has 1 amide bonds. The highest BCUT2D eigenvalue weighted by Crippen LogP contribution is 2.34. The van der Waals surface area contributed by atoms with Crippen LogP contribution in [0.25, 0.3) is 0 Å². The van der Waals surface area contributed by atoms with Crippen molar-refractivity contribution in [3.8, 4) is 0 Å². The molecule has 2 unspecified atom stereocenters. The van der Waals surface area contributed by atoms with E-state index in [1.807, 2.05) is 0 Å². The predicted octanol–water partition coefficient (Wildman–Crippen LogP) is 3.03. The Labute approximate surface area is 150 Å². The molecule has 0 radical (unpaired) electrons. The lowest BCUT2D eigenvalue weighted by atomic mass is 10.0. The average Bonchev–Trinajstić information content (AvgIpc) is 3.14. The van der Waals surface area contributed by atoms with E-state index in [4.69, 9.17) is 0 Å². The summed E-state index contributed by atoms with van der Waals surface area (Å²) in [5.41, 5.74) is 4.28. The summed E-state index contributed by atoms with van der Waals surface area (Å²) >= 11 is 0. The van der Waals surface area contributed by atoms with Crippen LogP contribution in [0.15, 0.2) is 18.2 Å². The number of nitrogens with zero attached hydrogens (tertiary/aromatic N) is 3. The van der Waals surface area contributed by atoms with E-state index < -0.39 is 6.09 Å². The highest BCUT2D eigenvalue weighted by Gasteiger charge is 2.41. The molecule has 0 bridgehead atoms. The minimum atomic E-state index is -0.757. The summed E-state index contributed by atoms with van der Waals surface area (Å²) in [5, 5.41) is 9.19. The minimum Gasteiger partial charge on any atom is -0.465 e. The number of fused-ring (bicyclic) bond motifs is 1. The Morgan fingerprint density at radius 1 is 1.08 bits per heavy atom. The Balaban J connectivity index is 1.46. The fourth-order valence-electron chi connectivity index (χ4n) is 5.03. The smallest absolute Gasteiger partial charge is 0.407 e. The number of likely N-dealkylation sites (tertiary alicyclic amines) is 2. The Morgan fingerprint density at radius 3 is 2.40 bits per heavy atom. The molecule has 3 saturated heterocycles. The lowest BCUT2D eigenvalue weighted by Gasteiger charge is -2.33. The van der Waals surface area contributed by atoms with Crippen LogP contribution in [0.5, 0.6) is 0 Å². The third kappa shape index (κ3) is 3.34. The summed E-state index contributed by atoms with van der Waals surface area (Å²) in [5.74, 6) is 1.03. The average molecular weight is 343 g/mol. The second-order valence-electron chi connectivity index (χ2n) is 8.03. The number of rotatable bonds is 3. The van der Waals surface area contributed by atoms with Gasteiger partial charge in [0.2, 0.25) is 0 Å². The fourth-order valence-corrected chi connectivity index (χ4v) is 5.03. The van der Waals surface area contributed by atoms with Gasteiger partial charge in [-0.2, -0.15) is 0 Å². The van der Waals surface area contributed by atoms with E-state index in [2.05, 4.69) is 34.9 Å². The zero-order valence-corrected chi connectivity index (χ0v) is 15.2. The molecule has 0 aliphatic carbocycles. The number of hydrogen-bond donors (Lipinski definition) is 1. The molecule has 5 nitrogen and oxygen atoms in total. The molecular weight excluding hydrogens is 314 g/mol. The monoisotopic (exact) mass is 343 g/mol.